The van der Waals surface area contributed by atoms with Crippen molar-refractivity contribution in [3.63, 3.8) is 0 Å². The molecule has 130 valence electrons. The van der Waals surface area contributed by atoms with Gasteiger partial charge in [0.15, 0.2) is 0 Å². The molecule has 0 heterocycles. The fraction of sp³-hybridized carbons (Fsp3) is 0.250. The second kappa shape index (κ2) is 9.22. The van der Waals surface area contributed by atoms with Crippen molar-refractivity contribution in [2.75, 3.05) is 13.2 Å². The average Bonchev–Trinajstić information content (AvgIpc) is 2.56. The summed E-state index contributed by atoms with van der Waals surface area (Å²) in [5.41, 5.74) is 2.16. The molecule has 2 rings (SSSR count). The summed E-state index contributed by atoms with van der Waals surface area (Å²) in [7, 11) is 0. The monoisotopic (exact) mass is 710 g/mol. The highest BCUT2D eigenvalue weighted by atomic mass is 79.9. The minimum absolute atomic E-state index is 0.436. The van der Waals surface area contributed by atoms with Crippen LogP contribution in [0.4, 0.5) is 0 Å². The van der Waals surface area contributed by atoms with Crippen LogP contribution in [-0.2, 0) is 0 Å². The van der Waals surface area contributed by atoms with E-state index in [-0.39, 0.29) is 0 Å². The van der Waals surface area contributed by atoms with Crippen molar-refractivity contribution in [3.05, 3.63) is 50.1 Å². The summed E-state index contributed by atoms with van der Waals surface area (Å²) in [5, 5.41) is 0. The first-order chi connectivity index (χ1) is 11.2. The van der Waals surface area contributed by atoms with E-state index in [0.29, 0.717) is 13.2 Å². The fourth-order valence-corrected chi connectivity index (χ4v) is 4.94. The zero-order valence-corrected chi connectivity index (χ0v) is 22.2. The minimum atomic E-state index is 0.436. The second-order valence-electron chi connectivity index (χ2n) is 4.92. The third-order valence-corrected chi connectivity index (χ3v) is 9.61. The highest BCUT2D eigenvalue weighted by molar-refractivity contribution is 9.13. The van der Waals surface area contributed by atoms with Gasteiger partial charge in [0.2, 0.25) is 0 Å². The SMILES string of the molecule is Cc1c(Br)c(Br)cc(OCCOc2cc(Br)c(Br)c(C)c2Br)c1Br. The molecule has 0 aromatic heterocycles. The van der Waals surface area contributed by atoms with Crippen LogP contribution >= 0.6 is 95.6 Å². The summed E-state index contributed by atoms with van der Waals surface area (Å²) < 4.78 is 17.5. The van der Waals surface area contributed by atoms with Gasteiger partial charge in [0.25, 0.3) is 0 Å². The average molecular weight is 716 g/mol. The summed E-state index contributed by atoms with van der Waals surface area (Å²) in [6.45, 7) is 4.90. The first kappa shape index (κ1) is 21.2. The van der Waals surface area contributed by atoms with Crippen LogP contribution in [0, 0.1) is 13.8 Å². The largest absolute Gasteiger partial charge is 0.489 e. The van der Waals surface area contributed by atoms with Gasteiger partial charge in [-0.15, -0.1) is 0 Å². The van der Waals surface area contributed by atoms with Gasteiger partial charge in [-0.1, -0.05) is 0 Å². The number of hydrogen-bond acceptors (Lipinski definition) is 2. The molecule has 2 nitrogen and oxygen atoms in total. The molecule has 0 saturated carbocycles. The molecular formula is C16H12Br6O2. The molecule has 0 fully saturated rings. The normalized spacial score (nSPS) is 10.8. The maximum atomic E-state index is 5.84. The Bertz CT molecular complexity index is 711. The Labute approximate surface area is 191 Å². The van der Waals surface area contributed by atoms with E-state index in [2.05, 4.69) is 95.6 Å². The standard InChI is InChI=1S/C16H12Br6O2/c1-7-13(19)9(17)5-11(15(7)21)23-3-4-24-12-6-10(18)14(20)8(2)16(12)22/h5-6H,3-4H2,1-2H3. The van der Waals surface area contributed by atoms with Gasteiger partial charge in [-0.2, -0.15) is 0 Å². The lowest BCUT2D eigenvalue weighted by atomic mass is 10.2. The van der Waals surface area contributed by atoms with Crippen LogP contribution in [0.15, 0.2) is 39.0 Å². The van der Waals surface area contributed by atoms with E-state index in [1.54, 1.807) is 0 Å². The van der Waals surface area contributed by atoms with Crippen LogP contribution in [0.25, 0.3) is 0 Å². The molecule has 2 aromatic carbocycles. The lowest BCUT2D eigenvalue weighted by Crippen LogP contribution is -2.10. The summed E-state index contributed by atoms with van der Waals surface area (Å²) in [4.78, 5) is 0. The highest BCUT2D eigenvalue weighted by Gasteiger charge is 2.13. The summed E-state index contributed by atoms with van der Waals surface area (Å²) >= 11 is 21.2. The molecule has 8 heteroatoms. The Morgan fingerprint density at radius 3 is 1.29 bits per heavy atom. The third-order valence-electron chi connectivity index (χ3n) is 3.28. The Balaban J connectivity index is 2.02. The van der Waals surface area contributed by atoms with Gasteiger partial charge >= 0.3 is 0 Å². The van der Waals surface area contributed by atoms with Gasteiger partial charge < -0.3 is 9.47 Å². The first-order valence-corrected chi connectivity index (χ1v) is 11.5. The molecule has 0 bridgehead atoms. The van der Waals surface area contributed by atoms with Crippen LogP contribution in [0.1, 0.15) is 11.1 Å². The molecule has 0 N–H and O–H groups in total. The molecule has 0 aliphatic heterocycles. The van der Waals surface area contributed by atoms with Crippen molar-refractivity contribution in [2.45, 2.75) is 13.8 Å². The van der Waals surface area contributed by atoms with Gasteiger partial charge in [-0.25, -0.2) is 0 Å². The summed E-state index contributed by atoms with van der Waals surface area (Å²) in [5.74, 6) is 1.55. The molecule has 2 aromatic rings. The molecule has 0 unspecified atom stereocenters. The lowest BCUT2D eigenvalue weighted by molar-refractivity contribution is 0.215. The predicted octanol–water partition coefficient (Wildman–Crippen LogP) is 8.34. The predicted molar refractivity (Wildman–Crippen MR) is 120 cm³/mol. The van der Waals surface area contributed by atoms with Crippen molar-refractivity contribution >= 4 is 95.6 Å². The maximum Gasteiger partial charge on any atom is 0.135 e. The topological polar surface area (TPSA) is 18.5 Å². The molecule has 0 atom stereocenters. The van der Waals surface area contributed by atoms with E-state index >= 15 is 0 Å². The van der Waals surface area contributed by atoms with Gasteiger partial charge in [0, 0.05) is 17.9 Å². The van der Waals surface area contributed by atoms with Gasteiger partial charge in [-0.3, -0.25) is 0 Å². The molecule has 0 amide bonds. The van der Waals surface area contributed by atoms with Gasteiger partial charge in [-0.05, 0) is 133 Å². The van der Waals surface area contributed by atoms with E-state index in [0.717, 1.165) is 49.5 Å². The number of benzene rings is 2. The van der Waals surface area contributed by atoms with E-state index in [4.69, 9.17) is 9.47 Å². The lowest BCUT2D eigenvalue weighted by Gasteiger charge is -2.15. The van der Waals surface area contributed by atoms with Crippen LogP contribution < -0.4 is 9.47 Å². The fourth-order valence-electron chi connectivity index (χ4n) is 1.92. The highest BCUT2D eigenvalue weighted by Crippen LogP contribution is 2.40. The van der Waals surface area contributed by atoms with Crippen LogP contribution in [0.5, 0.6) is 11.5 Å². The van der Waals surface area contributed by atoms with Gasteiger partial charge in [0.05, 0.1) is 8.95 Å². The molecule has 0 radical (unpaired) electrons. The van der Waals surface area contributed by atoms with Crippen molar-refractivity contribution in [1.29, 1.82) is 0 Å². The molecule has 0 aliphatic rings. The molecular weight excluding hydrogens is 704 g/mol. The zero-order valence-electron chi connectivity index (χ0n) is 12.7. The quantitative estimate of drug-likeness (QED) is 0.229. The summed E-state index contributed by atoms with van der Waals surface area (Å²) in [6.07, 6.45) is 0. The van der Waals surface area contributed by atoms with E-state index in [1.807, 2.05) is 26.0 Å². The Morgan fingerprint density at radius 1 is 0.625 bits per heavy atom. The number of ether oxygens (including phenoxy) is 2. The second-order valence-corrected chi connectivity index (χ2v) is 9.80. The Hall–Kier alpha value is 0.920. The van der Waals surface area contributed by atoms with E-state index in [1.165, 1.54) is 0 Å². The van der Waals surface area contributed by atoms with Crippen LogP contribution in [0.3, 0.4) is 0 Å². The van der Waals surface area contributed by atoms with E-state index in [9.17, 15) is 0 Å². The molecule has 0 aliphatic carbocycles. The van der Waals surface area contributed by atoms with Crippen molar-refractivity contribution in [1.82, 2.24) is 0 Å². The maximum absolute atomic E-state index is 5.84. The number of hydrogen-bond donors (Lipinski definition) is 0. The van der Waals surface area contributed by atoms with Crippen molar-refractivity contribution in [3.8, 4) is 11.5 Å². The van der Waals surface area contributed by atoms with Gasteiger partial charge in [0.1, 0.15) is 24.7 Å². The third kappa shape index (κ3) is 4.80. The van der Waals surface area contributed by atoms with Crippen molar-refractivity contribution in [2.24, 2.45) is 0 Å². The summed E-state index contributed by atoms with van der Waals surface area (Å²) in [6, 6.07) is 3.86. The molecule has 24 heavy (non-hydrogen) atoms. The smallest absolute Gasteiger partial charge is 0.135 e. The number of halogens is 6. The van der Waals surface area contributed by atoms with Crippen molar-refractivity contribution < 1.29 is 9.47 Å². The van der Waals surface area contributed by atoms with E-state index < -0.39 is 0 Å². The van der Waals surface area contributed by atoms with Crippen LogP contribution in [0.2, 0.25) is 0 Å². The zero-order chi connectivity index (χ0) is 18.0. The number of rotatable bonds is 5. The van der Waals surface area contributed by atoms with Crippen LogP contribution in [-0.4, -0.2) is 13.2 Å². The molecule has 0 saturated heterocycles. The first-order valence-electron chi connectivity index (χ1n) is 6.77. The Kier molecular flexibility index (Phi) is 8.15. The Morgan fingerprint density at radius 2 is 0.958 bits per heavy atom. The minimum Gasteiger partial charge on any atom is -0.489 e. The molecule has 0 spiro atoms.